The summed E-state index contributed by atoms with van der Waals surface area (Å²) >= 11 is 0. The second kappa shape index (κ2) is 6.24. The molecule has 0 spiro atoms. The van der Waals surface area contributed by atoms with Gasteiger partial charge in [0.05, 0.1) is 5.69 Å². The van der Waals surface area contributed by atoms with Crippen molar-refractivity contribution in [2.24, 2.45) is 0 Å². The zero-order valence-electron chi connectivity index (χ0n) is 10.5. The second-order valence-electron chi connectivity index (χ2n) is 3.92. The lowest BCUT2D eigenvalue weighted by Gasteiger charge is -2.07. The second-order valence-corrected chi connectivity index (χ2v) is 3.92. The fraction of sp³-hybridized carbons (Fsp3) is 0.214. The number of hydrogen-bond donors (Lipinski definition) is 1. The maximum Gasteiger partial charge on any atom is 0.219 e. The van der Waals surface area contributed by atoms with Crippen molar-refractivity contribution in [3.8, 4) is 11.6 Å². The van der Waals surface area contributed by atoms with Crippen LogP contribution in [0, 0.1) is 11.6 Å². The number of ether oxygens (including phenoxy) is 1. The molecule has 5 heteroatoms. The number of nitrogens with one attached hydrogen (secondary N) is 1. The zero-order valence-corrected chi connectivity index (χ0v) is 10.5. The molecule has 2 rings (SSSR count). The van der Waals surface area contributed by atoms with Crippen LogP contribution >= 0.6 is 0 Å². The molecule has 0 aliphatic rings. The molecule has 0 saturated carbocycles. The summed E-state index contributed by atoms with van der Waals surface area (Å²) in [6.07, 6.45) is 0. The van der Waals surface area contributed by atoms with E-state index in [2.05, 4.69) is 10.3 Å². The third kappa shape index (κ3) is 3.72. The highest BCUT2D eigenvalue weighted by atomic mass is 19.1. The Balaban J connectivity index is 2.14. The molecule has 0 atom stereocenters. The topological polar surface area (TPSA) is 34.1 Å². The minimum atomic E-state index is -0.751. The van der Waals surface area contributed by atoms with Gasteiger partial charge in [-0.15, -0.1) is 0 Å². The molecule has 0 radical (unpaired) electrons. The molecule has 0 unspecified atom stereocenters. The molecule has 0 aliphatic heterocycles. The largest absolute Gasteiger partial charge is 0.436 e. The lowest BCUT2D eigenvalue weighted by Crippen LogP contribution is -2.12. The summed E-state index contributed by atoms with van der Waals surface area (Å²) in [5.74, 6) is -1.16. The van der Waals surface area contributed by atoms with E-state index in [4.69, 9.17) is 4.74 Å². The van der Waals surface area contributed by atoms with Gasteiger partial charge in [-0.2, -0.15) is 0 Å². The Morgan fingerprint density at radius 2 is 2.05 bits per heavy atom. The van der Waals surface area contributed by atoms with Crippen molar-refractivity contribution in [3.63, 3.8) is 0 Å². The van der Waals surface area contributed by atoms with Crippen molar-refractivity contribution < 1.29 is 13.5 Å². The van der Waals surface area contributed by atoms with Gasteiger partial charge in [0, 0.05) is 18.7 Å². The Bertz CT molecular complexity index is 561. The standard InChI is InChI=1S/C14H14F2N2O/c1-2-17-9-11-4-3-5-14(18-11)19-13-7-6-10(15)8-12(13)16/h3-8,17H,2,9H2,1H3. The maximum atomic E-state index is 13.4. The monoisotopic (exact) mass is 264 g/mol. The van der Waals surface area contributed by atoms with Gasteiger partial charge in [0.25, 0.3) is 0 Å². The van der Waals surface area contributed by atoms with E-state index in [1.165, 1.54) is 6.07 Å². The summed E-state index contributed by atoms with van der Waals surface area (Å²) in [5, 5.41) is 3.13. The van der Waals surface area contributed by atoms with Crippen LogP contribution in [-0.2, 0) is 6.54 Å². The smallest absolute Gasteiger partial charge is 0.219 e. The first-order valence-corrected chi connectivity index (χ1v) is 5.98. The average molecular weight is 264 g/mol. The maximum absolute atomic E-state index is 13.4. The molecule has 2 aromatic rings. The van der Waals surface area contributed by atoms with Crippen molar-refractivity contribution in [3.05, 3.63) is 53.7 Å². The van der Waals surface area contributed by atoms with Crippen LogP contribution in [0.2, 0.25) is 0 Å². The predicted octanol–water partition coefficient (Wildman–Crippen LogP) is 3.26. The lowest BCUT2D eigenvalue weighted by molar-refractivity contribution is 0.421. The molecule has 0 amide bonds. The third-order valence-corrected chi connectivity index (χ3v) is 2.45. The van der Waals surface area contributed by atoms with E-state index >= 15 is 0 Å². The predicted molar refractivity (Wildman–Crippen MR) is 68.0 cm³/mol. The van der Waals surface area contributed by atoms with Crippen molar-refractivity contribution in [2.75, 3.05) is 6.54 Å². The van der Waals surface area contributed by atoms with Crippen LogP contribution in [0.1, 0.15) is 12.6 Å². The average Bonchev–Trinajstić information content (AvgIpc) is 2.40. The Kier molecular flexibility index (Phi) is 4.41. The van der Waals surface area contributed by atoms with E-state index in [0.29, 0.717) is 6.54 Å². The minimum absolute atomic E-state index is 0.0468. The number of benzene rings is 1. The number of pyridine rings is 1. The van der Waals surface area contributed by atoms with Crippen LogP contribution < -0.4 is 10.1 Å². The third-order valence-electron chi connectivity index (χ3n) is 2.45. The summed E-state index contributed by atoms with van der Waals surface area (Å²) in [4.78, 5) is 4.22. The number of hydrogen-bond acceptors (Lipinski definition) is 3. The van der Waals surface area contributed by atoms with E-state index in [-0.39, 0.29) is 11.6 Å². The van der Waals surface area contributed by atoms with Crippen molar-refractivity contribution in [1.29, 1.82) is 0 Å². The van der Waals surface area contributed by atoms with Crippen molar-refractivity contribution in [2.45, 2.75) is 13.5 Å². The molecule has 0 fully saturated rings. The molecule has 0 saturated heterocycles. The first kappa shape index (κ1) is 13.4. The van der Waals surface area contributed by atoms with E-state index in [1.54, 1.807) is 12.1 Å². The normalized spacial score (nSPS) is 10.5. The van der Waals surface area contributed by atoms with Gasteiger partial charge in [-0.3, -0.25) is 0 Å². The number of aromatic nitrogens is 1. The molecule has 1 N–H and O–H groups in total. The highest BCUT2D eigenvalue weighted by Crippen LogP contribution is 2.23. The Hall–Kier alpha value is -2.01. The van der Waals surface area contributed by atoms with Gasteiger partial charge in [-0.25, -0.2) is 13.8 Å². The molecule has 0 bridgehead atoms. The van der Waals surface area contributed by atoms with Gasteiger partial charge in [0.2, 0.25) is 5.88 Å². The lowest BCUT2D eigenvalue weighted by atomic mass is 10.3. The number of halogens is 2. The quantitative estimate of drug-likeness (QED) is 0.900. The van der Waals surface area contributed by atoms with Crippen LogP contribution in [0.5, 0.6) is 11.6 Å². The molecule has 3 nitrogen and oxygen atoms in total. The summed E-state index contributed by atoms with van der Waals surface area (Å²) in [6, 6.07) is 8.40. The minimum Gasteiger partial charge on any atom is -0.436 e. The molecule has 1 aromatic carbocycles. The summed E-state index contributed by atoms with van der Waals surface area (Å²) in [6.45, 7) is 3.44. The van der Waals surface area contributed by atoms with E-state index in [0.717, 1.165) is 24.4 Å². The Labute approximate surface area is 110 Å². The molecule has 1 heterocycles. The van der Waals surface area contributed by atoms with Gasteiger partial charge in [-0.05, 0) is 24.7 Å². The highest BCUT2D eigenvalue weighted by molar-refractivity contribution is 5.29. The first-order valence-electron chi connectivity index (χ1n) is 5.98. The SMILES string of the molecule is CCNCc1cccc(Oc2ccc(F)cc2F)n1. The van der Waals surface area contributed by atoms with Gasteiger partial charge in [0.1, 0.15) is 5.82 Å². The van der Waals surface area contributed by atoms with Crippen LogP contribution in [0.3, 0.4) is 0 Å². The fourth-order valence-electron chi connectivity index (χ4n) is 1.54. The molecular formula is C14H14F2N2O. The molecule has 100 valence electrons. The van der Waals surface area contributed by atoms with Crippen LogP contribution in [0.4, 0.5) is 8.78 Å². The summed E-state index contributed by atoms with van der Waals surface area (Å²) in [5.41, 5.74) is 0.793. The molecule has 19 heavy (non-hydrogen) atoms. The molecule has 1 aromatic heterocycles. The fourth-order valence-corrected chi connectivity index (χ4v) is 1.54. The van der Waals surface area contributed by atoms with Gasteiger partial charge < -0.3 is 10.1 Å². The summed E-state index contributed by atoms with van der Waals surface area (Å²) in [7, 11) is 0. The van der Waals surface area contributed by atoms with E-state index < -0.39 is 11.6 Å². The van der Waals surface area contributed by atoms with Gasteiger partial charge in [0.15, 0.2) is 11.6 Å². The van der Waals surface area contributed by atoms with Crippen LogP contribution in [0.25, 0.3) is 0 Å². The number of rotatable bonds is 5. The van der Waals surface area contributed by atoms with E-state index in [9.17, 15) is 8.78 Å². The molecular weight excluding hydrogens is 250 g/mol. The van der Waals surface area contributed by atoms with Gasteiger partial charge in [-0.1, -0.05) is 13.0 Å². The molecule has 0 aliphatic carbocycles. The van der Waals surface area contributed by atoms with E-state index in [1.807, 2.05) is 13.0 Å². The van der Waals surface area contributed by atoms with Crippen molar-refractivity contribution >= 4 is 0 Å². The van der Waals surface area contributed by atoms with Crippen LogP contribution in [0.15, 0.2) is 36.4 Å². The summed E-state index contributed by atoms with van der Waals surface area (Å²) < 4.78 is 31.5. The van der Waals surface area contributed by atoms with Gasteiger partial charge >= 0.3 is 0 Å². The first-order chi connectivity index (χ1) is 9.19. The Morgan fingerprint density at radius 3 is 2.79 bits per heavy atom. The van der Waals surface area contributed by atoms with Crippen molar-refractivity contribution in [1.82, 2.24) is 10.3 Å². The highest BCUT2D eigenvalue weighted by Gasteiger charge is 2.07. The zero-order chi connectivity index (χ0) is 13.7. The van der Waals surface area contributed by atoms with Crippen LogP contribution in [-0.4, -0.2) is 11.5 Å². The Morgan fingerprint density at radius 1 is 1.21 bits per heavy atom. The number of nitrogens with zero attached hydrogens (tertiary/aromatic N) is 1.